The number of hydrogen-bond donors (Lipinski definition) is 2. The maximum atomic E-state index is 6.81. The lowest BCUT2D eigenvalue weighted by atomic mass is 10.4. The maximum Gasteiger partial charge on any atom is 0.0462 e. The Bertz CT molecular complexity index is 118. The highest BCUT2D eigenvalue weighted by Gasteiger charge is 1.85. The van der Waals surface area contributed by atoms with Gasteiger partial charge in [0.15, 0.2) is 0 Å². The smallest absolute Gasteiger partial charge is 0.0462 e. The summed E-state index contributed by atoms with van der Waals surface area (Å²) in [7, 11) is 0. The third-order valence-corrected chi connectivity index (χ3v) is 1.32. The fraction of sp³-hybridized carbons (Fsp3) is 0.500. The summed E-state index contributed by atoms with van der Waals surface area (Å²) in [4.78, 5) is 0. The van der Waals surface area contributed by atoms with Crippen LogP contribution in [0.3, 0.4) is 0 Å². The summed E-state index contributed by atoms with van der Waals surface area (Å²) in [5.41, 5.74) is 0. The molecule has 0 fully saturated rings. The van der Waals surface area contributed by atoms with Crippen LogP contribution in [0.1, 0.15) is 13.8 Å². The molecular formula is C6H11IN2. The topological polar surface area (TPSA) is 35.9 Å². The highest BCUT2D eigenvalue weighted by atomic mass is 127. The molecule has 0 saturated heterocycles. The summed E-state index contributed by atoms with van der Waals surface area (Å²) >= 11 is 2.09. The predicted octanol–water partition coefficient (Wildman–Crippen LogP) is 1.91. The normalized spacial score (nSPS) is 11.8. The second-order valence-corrected chi connectivity index (χ2v) is 3.24. The van der Waals surface area contributed by atoms with E-state index in [-0.39, 0.29) is 0 Å². The van der Waals surface area contributed by atoms with Crippen molar-refractivity contribution in [2.75, 3.05) is 0 Å². The maximum absolute atomic E-state index is 6.81. The van der Waals surface area contributed by atoms with Crippen molar-refractivity contribution < 1.29 is 0 Å². The van der Waals surface area contributed by atoms with E-state index in [1.807, 2.05) is 6.20 Å². The Morgan fingerprint density at radius 2 is 2.22 bits per heavy atom. The monoisotopic (exact) mass is 238 g/mol. The van der Waals surface area contributed by atoms with Gasteiger partial charge in [0.1, 0.15) is 0 Å². The minimum absolute atomic E-state index is 0.453. The summed E-state index contributed by atoms with van der Waals surface area (Å²) in [5.74, 6) is 0. The molecule has 3 heteroatoms. The van der Waals surface area contributed by atoms with E-state index in [2.05, 4.69) is 41.8 Å². The molecule has 0 amide bonds. The molecule has 0 bridgehead atoms. The van der Waals surface area contributed by atoms with Gasteiger partial charge >= 0.3 is 0 Å². The molecule has 0 aliphatic carbocycles. The van der Waals surface area contributed by atoms with Gasteiger partial charge in [-0.25, -0.2) is 0 Å². The second kappa shape index (κ2) is 4.78. The molecule has 0 rings (SSSR count). The van der Waals surface area contributed by atoms with Crippen LogP contribution in [0, 0.1) is 5.41 Å². The van der Waals surface area contributed by atoms with Gasteiger partial charge < -0.3 is 10.7 Å². The van der Waals surface area contributed by atoms with Crippen LogP contribution in [0.25, 0.3) is 0 Å². The Morgan fingerprint density at radius 1 is 1.67 bits per heavy atom. The standard InChI is InChI=1S/C6H11IN2/c1-5(2)9-4-6(7)3-8/h3-5,8-9H,1-2H3/b6-4+,8-3?. The van der Waals surface area contributed by atoms with Crippen molar-refractivity contribution in [3.05, 3.63) is 9.78 Å². The molecule has 0 atom stereocenters. The molecule has 0 aromatic rings. The third kappa shape index (κ3) is 5.82. The molecule has 0 aliphatic rings. The third-order valence-electron chi connectivity index (χ3n) is 0.692. The van der Waals surface area contributed by atoms with Crippen molar-refractivity contribution in [2.24, 2.45) is 0 Å². The average molecular weight is 238 g/mol. The first-order valence-electron chi connectivity index (χ1n) is 2.79. The van der Waals surface area contributed by atoms with Crippen LogP contribution in [0.15, 0.2) is 9.78 Å². The van der Waals surface area contributed by atoms with Crippen LogP contribution < -0.4 is 5.32 Å². The van der Waals surface area contributed by atoms with Crippen LogP contribution in [-0.4, -0.2) is 12.3 Å². The highest BCUT2D eigenvalue weighted by Crippen LogP contribution is 1.98. The first-order chi connectivity index (χ1) is 4.16. The van der Waals surface area contributed by atoms with E-state index in [4.69, 9.17) is 5.41 Å². The van der Waals surface area contributed by atoms with Crippen LogP contribution in [0.5, 0.6) is 0 Å². The SMILES string of the molecule is CC(C)N/C=C(/I)C=N. The molecule has 0 unspecified atom stereocenters. The average Bonchev–Trinajstić information content (AvgIpc) is 1.83. The molecule has 0 aromatic carbocycles. The number of rotatable bonds is 3. The first-order valence-corrected chi connectivity index (χ1v) is 3.87. The molecule has 0 saturated carbocycles. The van der Waals surface area contributed by atoms with E-state index in [9.17, 15) is 0 Å². The van der Waals surface area contributed by atoms with E-state index >= 15 is 0 Å². The van der Waals surface area contributed by atoms with Gasteiger partial charge in [-0.1, -0.05) is 0 Å². The van der Waals surface area contributed by atoms with Gasteiger partial charge in [-0.15, -0.1) is 0 Å². The summed E-state index contributed by atoms with van der Waals surface area (Å²) in [6.07, 6.45) is 3.15. The lowest BCUT2D eigenvalue weighted by Gasteiger charge is -2.02. The van der Waals surface area contributed by atoms with E-state index < -0.39 is 0 Å². The zero-order valence-electron chi connectivity index (χ0n) is 5.61. The Morgan fingerprint density at radius 3 is 2.56 bits per heavy atom. The zero-order valence-corrected chi connectivity index (χ0v) is 7.77. The van der Waals surface area contributed by atoms with E-state index in [0.29, 0.717) is 6.04 Å². The number of halogens is 1. The Labute approximate surface area is 69.4 Å². The van der Waals surface area contributed by atoms with Crippen LogP contribution >= 0.6 is 22.6 Å². The minimum Gasteiger partial charge on any atom is -0.388 e. The predicted molar refractivity (Wildman–Crippen MR) is 49.2 cm³/mol. The van der Waals surface area contributed by atoms with Gasteiger partial charge in [0.25, 0.3) is 0 Å². The number of nitrogens with one attached hydrogen (secondary N) is 2. The molecule has 9 heavy (non-hydrogen) atoms. The van der Waals surface area contributed by atoms with Crippen molar-refractivity contribution in [3.63, 3.8) is 0 Å². The van der Waals surface area contributed by atoms with Gasteiger partial charge in [0, 0.05) is 22.0 Å². The molecule has 0 spiro atoms. The van der Waals surface area contributed by atoms with E-state index in [1.165, 1.54) is 6.21 Å². The van der Waals surface area contributed by atoms with Crippen LogP contribution in [0.2, 0.25) is 0 Å². The fourth-order valence-corrected chi connectivity index (χ4v) is 0.468. The van der Waals surface area contributed by atoms with E-state index in [1.54, 1.807) is 0 Å². The molecule has 0 radical (unpaired) electrons. The van der Waals surface area contributed by atoms with Crippen LogP contribution in [0.4, 0.5) is 0 Å². The molecule has 0 aliphatic heterocycles. The van der Waals surface area contributed by atoms with Gasteiger partial charge in [-0.05, 0) is 36.4 Å². The molecular weight excluding hydrogens is 227 g/mol. The molecule has 2 nitrogen and oxygen atoms in total. The Balaban J connectivity index is 3.56. The lowest BCUT2D eigenvalue weighted by molar-refractivity contribution is 0.703. The molecule has 0 heterocycles. The largest absolute Gasteiger partial charge is 0.388 e. The Kier molecular flexibility index (Phi) is 4.75. The molecule has 0 aromatic heterocycles. The van der Waals surface area contributed by atoms with Crippen molar-refractivity contribution in [1.82, 2.24) is 5.32 Å². The number of allylic oxidation sites excluding steroid dienone is 1. The van der Waals surface area contributed by atoms with Gasteiger partial charge in [0.2, 0.25) is 0 Å². The summed E-state index contributed by atoms with van der Waals surface area (Å²) in [5, 5.41) is 9.89. The van der Waals surface area contributed by atoms with Gasteiger partial charge in [-0.3, -0.25) is 0 Å². The minimum atomic E-state index is 0.453. The van der Waals surface area contributed by atoms with E-state index in [0.717, 1.165) is 3.58 Å². The fourth-order valence-electron chi connectivity index (χ4n) is 0.288. The second-order valence-electron chi connectivity index (χ2n) is 1.99. The van der Waals surface area contributed by atoms with Gasteiger partial charge in [0.05, 0.1) is 0 Å². The summed E-state index contributed by atoms with van der Waals surface area (Å²) in [6.45, 7) is 4.12. The van der Waals surface area contributed by atoms with Crippen LogP contribution in [-0.2, 0) is 0 Å². The van der Waals surface area contributed by atoms with Crippen molar-refractivity contribution in [3.8, 4) is 0 Å². The molecule has 2 N–H and O–H groups in total. The lowest BCUT2D eigenvalue weighted by Crippen LogP contribution is -2.15. The summed E-state index contributed by atoms with van der Waals surface area (Å²) < 4.78 is 0.918. The van der Waals surface area contributed by atoms with Crippen molar-refractivity contribution in [1.29, 1.82) is 5.41 Å². The zero-order chi connectivity index (χ0) is 7.28. The highest BCUT2D eigenvalue weighted by molar-refractivity contribution is 14.1. The molecule has 52 valence electrons. The van der Waals surface area contributed by atoms with Crippen molar-refractivity contribution >= 4 is 28.8 Å². The first kappa shape index (κ1) is 8.94. The van der Waals surface area contributed by atoms with Gasteiger partial charge in [-0.2, -0.15) is 0 Å². The quantitative estimate of drug-likeness (QED) is 0.571. The van der Waals surface area contributed by atoms with Crippen molar-refractivity contribution in [2.45, 2.75) is 19.9 Å². The summed E-state index contributed by atoms with van der Waals surface area (Å²) in [6, 6.07) is 0.453. The number of hydrogen-bond acceptors (Lipinski definition) is 2. The Hall–Kier alpha value is -0.0600.